The van der Waals surface area contributed by atoms with Crippen LogP contribution in [0.1, 0.15) is 46.0 Å². The Labute approximate surface area is 146 Å². The lowest BCUT2D eigenvalue weighted by Gasteiger charge is -2.07. The summed E-state index contributed by atoms with van der Waals surface area (Å²) in [5.41, 5.74) is 3.21. The van der Waals surface area contributed by atoms with E-state index in [0.717, 1.165) is 17.9 Å². The first-order valence-electron chi connectivity index (χ1n) is 8.08. The zero-order chi connectivity index (χ0) is 18.6. The molecule has 0 saturated carbocycles. The van der Waals surface area contributed by atoms with Gasteiger partial charge in [0.25, 0.3) is 0 Å². The molecule has 0 saturated heterocycles. The molecule has 0 bridgehead atoms. The minimum absolute atomic E-state index is 0.230. The Bertz CT molecular complexity index is 821. The van der Waals surface area contributed by atoms with Crippen molar-refractivity contribution in [2.75, 3.05) is 11.9 Å². The van der Waals surface area contributed by atoms with Crippen molar-refractivity contribution < 1.29 is 19.1 Å². The number of anilines is 1. The molecular formula is C19H22N2O4. The van der Waals surface area contributed by atoms with Gasteiger partial charge in [0.05, 0.1) is 5.56 Å². The predicted molar refractivity (Wildman–Crippen MR) is 94.9 cm³/mol. The van der Waals surface area contributed by atoms with Crippen molar-refractivity contribution in [2.45, 2.75) is 34.2 Å². The van der Waals surface area contributed by atoms with Gasteiger partial charge in [0, 0.05) is 36.1 Å². The van der Waals surface area contributed by atoms with Gasteiger partial charge < -0.3 is 14.6 Å². The van der Waals surface area contributed by atoms with Crippen LogP contribution in [0.3, 0.4) is 0 Å². The number of hydrogen-bond acceptors (Lipinski definition) is 4. The van der Waals surface area contributed by atoms with Crippen molar-refractivity contribution in [3.63, 3.8) is 0 Å². The minimum Gasteiger partial charge on any atom is -0.454 e. The maximum Gasteiger partial charge on any atom is 0.338 e. The summed E-state index contributed by atoms with van der Waals surface area (Å²) < 4.78 is 7.17. The molecule has 0 aliphatic heterocycles. The van der Waals surface area contributed by atoms with Crippen LogP contribution in [0.5, 0.6) is 0 Å². The first-order chi connectivity index (χ1) is 11.8. The summed E-state index contributed by atoms with van der Waals surface area (Å²) in [6.07, 6.45) is 0. The zero-order valence-electron chi connectivity index (χ0n) is 14.9. The van der Waals surface area contributed by atoms with Gasteiger partial charge in [-0.05, 0) is 45.0 Å². The van der Waals surface area contributed by atoms with E-state index >= 15 is 0 Å². The van der Waals surface area contributed by atoms with E-state index in [0.29, 0.717) is 11.3 Å². The molecule has 0 aliphatic rings. The fraction of sp³-hybridized carbons (Fsp3) is 0.316. The fourth-order valence-corrected chi connectivity index (χ4v) is 2.79. The predicted octanol–water partition coefficient (Wildman–Crippen LogP) is 3.12. The molecule has 0 aliphatic carbocycles. The summed E-state index contributed by atoms with van der Waals surface area (Å²) >= 11 is 0. The number of nitrogens with zero attached hydrogens (tertiary/aromatic N) is 1. The number of rotatable bonds is 6. The number of carbonyl (C=O) groups is 3. The first-order valence-corrected chi connectivity index (χ1v) is 8.08. The Morgan fingerprint density at radius 2 is 1.88 bits per heavy atom. The summed E-state index contributed by atoms with van der Waals surface area (Å²) in [6, 6.07) is 8.20. The van der Waals surface area contributed by atoms with Crippen molar-refractivity contribution >= 4 is 23.3 Å². The average Bonchev–Trinajstić information content (AvgIpc) is 2.86. The summed E-state index contributed by atoms with van der Waals surface area (Å²) in [6.45, 7) is 7.67. The number of ether oxygens (including phenoxy) is 1. The van der Waals surface area contributed by atoms with Crippen LogP contribution in [0.25, 0.3) is 0 Å². The van der Waals surface area contributed by atoms with Crippen molar-refractivity contribution in [1.29, 1.82) is 0 Å². The highest BCUT2D eigenvalue weighted by atomic mass is 16.5. The third kappa shape index (κ3) is 4.35. The van der Waals surface area contributed by atoms with Gasteiger partial charge in [-0.15, -0.1) is 0 Å². The monoisotopic (exact) mass is 342 g/mol. The highest BCUT2D eigenvalue weighted by Crippen LogP contribution is 2.16. The molecule has 0 atom stereocenters. The summed E-state index contributed by atoms with van der Waals surface area (Å²) in [4.78, 5) is 35.6. The number of ketones is 1. The number of Topliss-reactive ketones (excluding diaryl/α,β-unsaturated/α-hetero) is 1. The highest BCUT2D eigenvalue weighted by Gasteiger charge is 2.17. The molecule has 0 spiro atoms. The average molecular weight is 342 g/mol. The highest BCUT2D eigenvalue weighted by molar-refractivity contribution is 6.00. The van der Waals surface area contributed by atoms with Crippen LogP contribution in [-0.2, 0) is 16.1 Å². The number of hydrogen-bond donors (Lipinski definition) is 1. The van der Waals surface area contributed by atoms with E-state index in [1.165, 1.54) is 13.0 Å². The van der Waals surface area contributed by atoms with Crippen LogP contribution < -0.4 is 5.32 Å². The molecule has 0 unspecified atom stereocenters. The van der Waals surface area contributed by atoms with E-state index in [1.807, 2.05) is 31.4 Å². The number of aryl methyl sites for hydroxylation is 1. The molecule has 1 aromatic heterocycles. The summed E-state index contributed by atoms with van der Waals surface area (Å²) in [5.74, 6) is -1.07. The Kier molecular flexibility index (Phi) is 5.75. The van der Waals surface area contributed by atoms with E-state index < -0.39 is 5.97 Å². The second-order valence-corrected chi connectivity index (χ2v) is 5.79. The van der Waals surface area contributed by atoms with Gasteiger partial charge in [0.2, 0.25) is 11.7 Å². The minimum atomic E-state index is -0.607. The number of benzene rings is 1. The van der Waals surface area contributed by atoms with E-state index in [1.54, 1.807) is 18.2 Å². The van der Waals surface area contributed by atoms with Gasteiger partial charge in [0.1, 0.15) is 0 Å². The molecule has 0 radical (unpaired) electrons. The third-order valence-corrected chi connectivity index (χ3v) is 3.94. The molecule has 25 heavy (non-hydrogen) atoms. The molecule has 1 N–H and O–H groups in total. The van der Waals surface area contributed by atoms with Crippen molar-refractivity contribution in [1.82, 2.24) is 4.57 Å². The molecule has 2 rings (SSSR count). The normalized spacial score (nSPS) is 10.4. The van der Waals surface area contributed by atoms with Crippen LogP contribution in [0, 0.1) is 13.8 Å². The van der Waals surface area contributed by atoms with Crippen LogP contribution in [0.4, 0.5) is 5.69 Å². The zero-order valence-corrected chi connectivity index (χ0v) is 14.9. The van der Waals surface area contributed by atoms with Gasteiger partial charge in [-0.25, -0.2) is 4.79 Å². The standard InChI is InChI=1S/C19H22N2O4/c1-5-21-12(2)9-17(13(21)3)18(23)11-25-19(24)15-7-6-8-16(10-15)20-14(4)22/h6-10H,5,11H2,1-4H3,(H,20,22). The molecule has 1 aromatic carbocycles. The Morgan fingerprint density at radius 1 is 1.16 bits per heavy atom. The van der Waals surface area contributed by atoms with Gasteiger partial charge in [0.15, 0.2) is 6.61 Å². The Morgan fingerprint density at radius 3 is 2.48 bits per heavy atom. The molecule has 1 amide bonds. The van der Waals surface area contributed by atoms with Gasteiger partial charge in [-0.1, -0.05) is 6.07 Å². The van der Waals surface area contributed by atoms with Gasteiger partial charge in [-0.3, -0.25) is 9.59 Å². The summed E-state index contributed by atoms with van der Waals surface area (Å²) in [7, 11) is 0. The third-order valence-electron chi connectivity index (χ3n) is 3.94. The molecule has 2 aromatic rings. The molecule has 132 valence electrons. The maximum absolute atomic E-state index is 12.3. The number of carbonyl (C=O) groups excluding carboxylic acids is 3. The maximum atomic E-state index is 12.3. The van der Waals surface area contributed by atoms with E-state index in [-0.39, 0.29) is 23.9 Å². The lowest BCUT2D eigenvalue weighted by molar-refractivity contribution is -0.114. The molecule has 0 fully saturated rings. The first kappa shape index (κ1) is 18.4. The SMILES string of the molecule is CCn1c(C)cc(C(=O)COC(=O)c2cccc(NC(C)=O)c2)c1C. The van der Waals surface area contributed by atoms with Crippen LogP contribution >= 0.6 is 0 Å². The Hall–Kier alpha value is -2.89. The van der Waals surface area contributed by atoms with Gasteiger partial charge in [-0.2, -0.15) is 0 Å². The van der Waals surface area contributed by atoms with Crippen LogP contribution in [-0.4, -0.2) is 28.8 Å². The number of nitrogens with one attached hydrogen (secondary N) is 1. The van der Waals surface area contributed by atoms with Crippen LogP contribution in [0.2, 0.25) is 0 Å². The molecule has 1 heterocycles. The van der Waals surface area contributed by atoms with E-state index in [2.05, 4.69) is 5.32 Å². The number of amides is 1. The van der Waals surface area contributed by atoms with Crippen LogP contribution in [0.15, 0.2) is 30.3 Å². The number of aromatic nitrogens is 1. The van der Waals surface area contributed by atoms with E-state index in [4.69, 9.17) is 4.74 Å². The second kappa shape index (κ2) is 7.79. The molecule has 6 heteroatoms. The molecular weight excluding hydrogens is 320 g/mol. The summed E-state index contributed by atoms with van der Waals surface area (Å²) in [5, 5.41) is 2.60. The Balaban J connectivity index is 2.05. The fourth-order valence-electron chi connectivity index (χ4n) is 2.79. The second-order valence-electron chi connectivity index (χ2n) is 5.79. The lowest BCUT2D eigenvalue weighted by atomic mass is 10.1. The number of esters is 1. The smallest absolute Gasteiger partial charge is 0.338 e. The van der Waals surface area contributed by atoms with Crippen molar-refractivity contribution in [3.05, 3.63) is 52.8 Å². The van der Waals surface area contributed by atoms with Crippen molar-refractivity contribution in [3.8, 4) is 0 Å². The molecule has 6 nitrogen and oxygen atoms in total. The largest absolute Gasteiger partial charge is 0.454 e. The quantitative estimate of drug-likeness (QED) is 0.646. The lowest BCUT2D eigenvalue weighted by Crippen LogP contribution is -2.15. The van der Waals surface area contributed by atoms with Crippen molar-refractivity contribution in [2.24, 2.45) is 0 Å². The van der Waals surface area contributed by atoms with Gasteiger partial charge >= 0.3 is 5.97 Å². The topological polar surface area (TPSA) is 77.4 Å². The van der Waals surface area contributed by atoms with E-state index in [9.17, 15) is 14.4 Å².